The van der Waals surface area contributed by atoms with E-state index in [4.69, 9.17) is 4.74 Å². The first-order valence-electron chi connectivity index (χ1n) is 7.12. The quantitative estimate of drug-likeness (QED) is 0.843. The van der Waals surface area contributed by atoms with Crippen LogP contribution in [0.5, 0.6) is 0 Å². The average molecular weight is 251 g/mol. The van der Waals surface area contributed by atoms with Crippen molar-refractivity contribution in [3.05, 3.63) is 18.0 Å². The van der Waals surface area contributed by atoms with Crippen molar-refractivity contribution < 1.29 is 4.74 Å². The minimum Gasteiger partial charge on any atom is -0.378 e. The third-order valence-corrected chi connectivity index (χ3v) is 3.63. The van der Waals surface area contributed by atoms with Gasteiger partial charge >= 0.3 is 0 Å². The maximum atomic E-state index is 5.72. The molecule has 1 aromatic rings. The van der Waals surface area contributed by atoms with E-state index < -0.39 is 0 Å². The van der Waals surface area contributed by atoms with E-state index in [1.165, 1.54) is 5.69 Å². The van der Waals surface area contributed by atoms with Crippen molar-refractivity contribution >= 4 is 0 Å². The van der Waals surface area contributed by atoms with Gasteiger partial charge in [0.05, 0.1) is 24.4 Å². The molecular formula is C14H25N3O. The topological polar surface area (TPSA) is 39.1 Å². The first-order chi connectivity index (χ1) is 8.76. The molecule has 1 aliphatic heterocycles. The summed E-state index contributed by atoms with van der Waals surface area (Å²) in [6.07, 6.45) is 4.55. The normalized spacial score (nSPS) is 25.5. The molecule has 0 amide bonds. The Morgan fingerprint density at radius 1 is 1.56 bits per heavy atom. The summed E-state index contributed by atoms with van der Waals surface area (Å²) in [4.78, 5) is 0. The van der Waals surface area contributed by atoms with Gasteiger partial charge in [-0.25, -0.2) is 0 Å². The van der Waals surface area contributed by atoms with Crippen molar-refractivity contribution in [3.8, 4) is 0 Å². The molecule has 2 heterocycles. The van der Waals surface area contributed by atoms with Crippen molar-refractivity contribution in [2.24, 2.45) is 5.92 Å². The molecule has 3 unspecified atom stereocenters. The maximum absolute atomic E-state index is 5.72. The number of nitrogens with one attached hydrogen (secondary N) is 1. The fourth-order valence-corrected chi connectivity index (χ4v) is 2.82. The van der Waals surface area contributed by atoms with Gasteiger partial charge in [0.2, 0.25) is 0 Å². The third kappa shape index (κ3) is 2.93. The molecule has 0 saturated carbocycles. The molecule has 18 heavy (non-hydrogen) atoms. The van der Waals surface area contributed by atoms with Crippen LogP contribution in [0.1, 0.15) is 45.3 Å². The summed E-state index contributed by atoms with van der Waals surface area (Å²) in [6.45, 7) is 9.34. The first-order valence-corrected chi connectivity index (χ1v) is 7.12. The number of rotatable bonds is 6. The molecule has 1 aromatic heterocycles. The van der Waals surface area contributed by atoms with Gasteiger partial charge in [-0.1, -0.05) is 13.8 Å². The van der Waals surface area contributed by atoms with Gasteiger partial charge < -0.3 is 10.1 Å². The summed E-state index contributed by atoms with van der Waals surface area (Å²) in [7, 11) is 0. The van der Waals surface area contributed by atoms with Crippen molar-refractivity contribution in [1.82, 2.24) is 15.1 Å². The molecule has 0 aliphatic carbocycles. The van der Waals surface area contributed by atoms with Gasteiger partial charge in [0.1, 0.15) is 0 Å². The Hall–Kier alpha value is -0.870. The molecule has 4 heteroatoms. The van der Waals surface area contributed by atoms with Gasteiger partial charge in [-0.3, -0.25) is 4.68 Å². The highest BCUT2D eigenvalue weighted by atomic mass is 16.5. The zero-order valence-corrected chi connectivity index (χ0v) is 11.7. The van der Waals surface area contributed by atoms with Crippen molar-refractivity contribution in [3.63, 3.8) is 0 Å². The van der Waals surface area contributed by atoms with E-state index in [2.05, 4.69) is 41.9 Å². The lowest BCUT2D eigenvalue weighted by atomic mass is 9.94. The molecule has 1 aliphatic rings. The Morgan fingerprint density at radius 2 is 2.39 bits per heavy atom. The Morgan fingerprint density at radius 3 is 3.00 bits per heavy atom. The van der Waals surface area contributed by atoms with E-state index in [0.29, 0.717) is 18.1 Å². The van der Waals surface area contributed by atoms with Crippen LogP contribution in [0.2, 0.25) is 0 Å². The zero-order valence-electron chi connectivity index (χ0n) is 11.7. The minimum absolute atomic E-state index is 0.369. The summed E-state index contributed by atoms with van der Waals surface area (Å²) < 4.78 is 7.86. The molecule has 102 valence electrons. The van der Waals surface area contributed by atoms with Crippen molar-refractivity contribution in [2.45, 2.75) is 52.3 Å². The first kappa shape index (κ1) is 13.6. The molecule has 4 nitrogen and oxygen atoms in total. The predicted molar refractivity (Wildman–Crippen MR) is 72.5 cm³/mol. The summed E-state index contributed by atoms with van der Waals surface area (Å²) in [5.41, 5.74) is 1.31. The Bertz CT molecular complexity index is 364. The number of nitrogens with zero attached hydrogens (tertiary/aromatic N) is 2. The molecule has 2 rings (SSSR count). The molecule has 0 bridgehead atoms. The smallest absolute Gasteiger partial charge is 0.0557 e. The number of hydrogen-bond acceptors (Lipinski definition) is 3. The van der Waals surface area contributed by atoms with Gasteiger partial charge in [-0.15, -0.1) is 0 Å². The second kappa shape index (κ2) is 6.34. The lowest BCUT2D eigenvalue weighted by Crippen LogP contribution is -2.31. The monoisotopic (exact) mass is 251 g/mol. The second-order valence-electron chi connectivity index (χ2n) is 5.15. The maximum Gasteiger partial charge on any atom is 0.0557 e. The SMILES string of the molecule is CCCn1nccc1C(NCC)C1COC(C)C1. The largest absolute Gasteiger partial charge is 0.378 e. The lowest BCUT2D eigenvalue weighted by molar-refractivity contribution is 0.116. The molecular weight excluding hydrogens is 226 g/mol. The lowest BCUT2D eigenvalue weighted by Gasteiger charge is -2.24. The number of aryl methyl sites for hydroxylation is 1. The van der Waals surface area contributed by atoms with E-state index in [1.54, 1.807) is 0 Å². The standard InChI is InChI=1S/C14H25N3O/c1-4-8-17-13(6-7-16-17)14(15-5-2)12-9-11(3)18-10-12/h6-7,11-12,14-15H,4-5,8-10H2,1-3H3. The molecule has 0 spiro atoms. The fraction of sp³-hybridized carbons (Fsp3) is 0.786. The molecule has 1 fully saturated rings. The van der Waals surface area contributed by atoms with E-state index in [9.17, 15) is 0 Å². The molecule has 1 N–H and O–H groups in total. The summed E-state index contributed by atoms with van der Waals surface area (Å²) in [5, 5.41) is 8.04. The van der Waals surface area contributed by atoms with Crippen LogP contribution < -0.4 is 5.32 Å². The van der Waals surface area contributed by atoms with Crippen LogP contribution in [0.25, 0.3) is 0 Å². The Balaban J connectivity index is 2.15. The van der Waals surface area contributed by atoms with Gasteiger partial charge in [-0.2, -0.15) is 5.10 Å². The zero-order chi connectivity index (χ0) is 13.0. The summed E-state index contributed by atoms with van der Waals surface area (Å²) >= 11 is 0. The van der Waals surface area contributed by atoms with E-state index in [1.807, 2.05) is 6.20 Å². The van der Waals surface area contributed by atoms with E-state index in [0.717, 1.165) is 32.5 Å². The van der Waals surface area contributed by atoms with Crippen LogP contribution >= 0.6 is 0 Å². The van der Waals surface area contributed by atoms with Crippen LogP contribution in [-0.2, 0) is 11.3 Å². The highest BCUT2D eigenvalue weighted by Gasteiger charge is 2.31. The number of ether oxygens (including phenoxy) is 1. The Labute approximate surface area is 110 Å². The summed E-state index contributed by atoms with van der Waals surface area (Å²) in [5.74, 6) is 0.562. The molecule has 3 atom stereocenters. The highest BCUT2D eigenvalue weighted by molar-refractivity contribution is 5.09. The van der Waals surface area contributed by atoms with Gasteiger partial charge in [-0.05, 0) is 32.4 Å². The van der Waals surface area contributed by atoms with Crippen LogP contribution in [0.4, 0.5) is 0 Å². The molecule has 0 radical (unpaired) electrons. The molecule has 0 aromatic carbocycles. The van der Waals surface area contributed by atoms with Crippen LogP contribution in [0.3, 0.4) is 0 Å². The van der Waals surface area contributed by atoms with Gasteiger partial charge in [0, 0.05) is 18.7 Å². The van der Waals surface area contributed by atoms with Crippen molar-refractivity contribution in [1.29, 1.82) is 0 Å². The number of hydrogen-bond donors (Lipinski definition) is 1. The van der Waals surface area contributed by atoms with Gasteiger partial charge in [0.25, 0.3) is 0 Å². The number of aromatic nitrogens is 2. The van der Waals surface area contributed by atoms with E-state index >= 15 is 0 Å². The average Bonchev–Trinajstić information content (AvgIpc) is 2.96. The highest BCUT2D eigenvalue weighted by Crippen LogP contribution is 2.31. The summed E-state index contributed by atoms with van der Waals surface area (Å²) in [6, 6.07) is 2.51. The van der Waals surface area contributed by atoms with E-state index in [-0.39, 0.29) is 0 Å². The van der Waals surface area contributed by atoms with Crippen LogP contribution in [-0.4, -0.2) is 29.0 Å². The Kier molecular flexibility index (Phi) is 4.78. The van der Waals surface area contributed by atoms with Crippen molar-refractivity contribution in [2.75, 3.05) is 13.2 Å². The van der Waals surface area contributed by atoms with Crippen LogP contribution in [0.15, 0.2) is 12.3 Å². The van der Waals surface area contributed by atoms with Crippen LogP contribution in [0, 0.1) is 5.92 Å². The minimum atomic E-state index is 0.369. The second-order valence-corrected chi connectivity index (χ2v) is 5.15. The fourth-order valence-electron chi connectivity index (χ4n) is 2.82. The van der Waals surface area contributed by atoms with Gasteiger partial charge in [0.15, 0.2) is 0 Å². The molecule has 1 saturated heterocycles. The predicted octanol–water partition coefficient (Wildman–Crippen LogP) is 2.37. The third-order valence-electron chi connectivity index (χ3n) is 3.63.